The molecule has 0 aliphatic heterocycles. The van der Waals surface area contributed by atoms with Crippen molar-refractivity contribution in [1.29, 1.82) is 0 Å². The Morgan fingerprint density at radius 2 is 2.07 bits per heavy atom. The third kappa shape index (κ3) is 2.98. The van der Waals surface area contributed by atoms with Gasteiger partial charge in [-0.15, -0.1) is 0 Å². The lowest BCUT2D eigenvalue weighted by Gasteiger charge is -2.26. The van der Waals surface area contributed by atoms with E-state index in [9.17, 15) is 9.90 Å². The first kappa shape index (κ1) is 19.4. The van der Waals surface area contributed by atoms with Gasteiger partial charge in [0.25, 0.3) is 0 Å². The number of nitrogens with one attached hydrogen (secondary N) is 1. The number of rotatable bonds is 6. The van der Waals surface area contributed by atoms with Crippen LogP contribution in [0, 0.1) is 0 Å². The van der Waals surface area contributed by atoms with Crippen LogP contribution in [0.1, 0.15) is 32.8 Å². The summed E-state index contributed by atoms with van der Waals surface area (Å²) in [5, 5.41) is 15.1. The van der Waals surface area contributed by atoms with Gasteiger partial charge in [-0.25, -0.2) is 14.2 Å². The minimum absolute atomic E-state index is 0.0490. The average Bonchev–Trinajstić information content (AvgIpc) is 3.11. The fourth-order valence-corrected chi connectivity index (χ4v) is 3.07. The SMILES string of the molecule is CC[C@H](C)/N=c1/c2cnn(C(C)(C(=O)O)c3ccccc3)c2nc(N)n1NC. The first-order valence-corrected chi connectivity index (χ1v) is 9.11. The third-order valence-electron chi connectivity index (χ3n) is 4.98. The van der Waals surface area contributed by atoms with Crippen LogP contribution in [0.5, 0.6) is 0 Å². The van der Waals surface area contributed by atoms with Crippen molar-refractivity contribution in [3.63, 3.8) is 0 Å². The summed E-state index contributed by atoms with van der Waals surface area (Å²) in [6.07, 6.45) is 2.43. The van der Waals surface area contributed by atoms with E-state index < -0.39 is 11.5 Å². The van der Waals surface area contributed by atoms with Crippen LogP contribution in [0.4, 0.5) is 5.95 Å². The van der Waals surface area contributed by atoms with Gasteiger partial charge in [0.1, 0.15) is 0 Å². The van der Waals surface area contributed by atoms with Gasteiger partial charge in [0.15, 0.2) is 16.7 Å². The normalized spacial score (nSPS) is 15.4. The maximum absolute atomic E-state index is 12.3. The minimum Gasteiger partial charge on any atom is -0.479 e. The Bertz CT molecular complexity index is 1070. The van der Waals surface area contributed by atoms with Gasteiger partial charge in [0.05, 0.1) is 11.6 Å². The van der Waals surface area contributed by atoms with Gasteiger partial charge in [0, 0.05) is 13.1 Å². The van der Waals surface area contributed by atoms with E-state index in [1.807, 2.05) is 19.9 Å². The maximum atomic E-state index is 12.3. The largest absolute Gasteiger partial charge is 0.479 e. The van der Waals surface area contributed by atoms with E-state index in [4.69, 9.17) is 10.7 Å². The van der Waals surface area contributed by atoms with Crippen LogP contribution < -0.4 is 16.6 Å². The number of hydrogen-bond donors (Lipinski definition) is 3. The molecule has 0 fully saturated rings. The molecule has 0 aliphatic carbocycles. The van der Waals surface area contributed by atoms with Gasteiger partial charge >= 0.3 is 5.97 Å². The van der Waals surface area contributed by atoms with Crippen LogP contribution in [0.15, 0.2) is 41.5 Å². The fraction of sp³-hybridized carbons (Fsp3) is 0.368. The van der Waals surface area contributed by atoms with Gasteiger partial charge in [-0.05, 0) is 25.8 Å². The van der Waals surface area contributed by atoms with E-state index in [2.05, 4.69) is 15.5 Å². The Morgan fingerprint density at radius 3 is 2.64 bits per heavy atom. The zero-order valence-electron chi connectivity index (χ0n) is 16.4. The molecular formula is C19H25N7O2. The molecule has 1 unspecified atom stereocenters. The Kier molecular flexibility index (Phi) is 5.08. The molecule has 0 spiro atoms. The highest BCUT2D eigenvalue weighted by molar-refractivity contribution is 5.84. The van der Waals surface area contributed by atoms with Gasteiger partial charge in [0.2, 0.25) is 5.95 Å². The standard InChI is InChI=1S/C19H25N7O2/c1-5-12(2)23-15-14-11-22-26(16(14)24-18(20)25(15)21-4)19(3,17(27)28)13-9-7-6-8-10-13/h6-12,21H,5H2,1-4H3,(H2,20,24)(H,27,28)/b23-15-/t12-,19?/m0/s1. The van der Waals surface area contributed by atoms with E-state index in [0.717, 1.165) is 6.42 Å². The summed E-state index contributed by atoms with van der Waals surface area (Å²) in [7, 11) is 1.72. The summed E-state index contributed by atoms with van der Waals surface area (Å²) in [5.41, 5.74) is 9.16. The first-order valence-electron chi connectivity index (χ1n) is 9.11. The Labute approximate surface area is 162 Å². The Morgan fingerprint density at radius 1 is 1.39 bits per heavy atom. The number of nitrogen functional groups attached to an aromatic ring is 1. The van der Waals surface area contributed by atoms with Crippen molar-refractivity contribution in [3.8, 4) is 0 Å². The summed E-state index contributed by atoms with van der Waals surface area (Å²) >= 11 is 0. The Hall–Kier alpha value is -3.36. The predicted molar refractivity (Wildman–Crippen MR) is 107 cm³/mol. The second kappa shape index (κ2) is 7.34. The van der Waals surface area contributed by atoms with Crippen LogP contribution in [-0.4, -0.2) is 43.6 Å². The summed E-state index contributed by atoms with van der Waals surface area (Å²) in [6, 6.07) is 8.99. The van der Waals surface area contributed by atoms with E-state index in [0.29, 0.717) is 22.1 Å². The molecule has 0 aliphatic rings. The number of fused-ring (bicyclic) bond motifs is 1. The van der Waals surface area contributed by atoms with Crippen LogP contribution >= 0.6 is 0 Å². The van der Waals surface area contributed by atoms with E-state index in [1.54, 1.807) is 49.1 Å². The molecule has 1 aromatic carbocycles. The highest BCUT2D eigenvalue weighted by atomic mass is 16.4. The number of aliphatic carboxylic acids is 1. The van der Waals surface area contributed by atoms with E-state index in [1.165, 1.54) is 4.68 Å². The van der Waals surface area contributed by atoms with Crippen molar-refractivity contribution in [2.24, 2.45) is 4.99 Å². The smallest absolute Gasteiger partial charge is 0.336 e. The van der Waals surface area contributed by atoms with Crippen LogP contribution in [0.25, 0.3) is 11.0 Å². The zero-order chi connectivity index (χ0) is 20.5. The molecule has 3 rings (SSSR count). The first-order chi connectivity index (χ1) is 13.3. The van der Waals surface area contributed by atoms with Gasteiger partial charge in [-0.3, -0.25) is 4.99 Å². The maximum Gasteiger partial charge on any atom is 0.336 e. The zero-order valence-corrected chi connectivity index (χ0v) is 16.4. The molecule has 2 atom stereocenters. The number of nitrogens with zero attached hydrogens (tertiary/aromatic N) is 5. The number of carboxylic acid groups (broad SMARTS) is 1. The average molecular weight is 383 g/mol. The van der Waals surface area contributed by atoms with Crippen molar-refractivity contribution in [2.45, 2.75) is 38.8 Å². The number of hydrogen-bond acceptors (Lipinski definition) is 6. The molecule has 0 amide bonds. The second-order valence-corrected chi connectivity index (χ2v) is 6.78. The molecule has 0 saturated carbocycles. The number of carboxylic acids is 1. The molecule has 4 N–H and O–H groups in total. The van der Waals surface area contributed by atoms with Crippen LogP contribution in [-0.2, 0) is 10.3 Å². The van der Waals surface area contributed by atoms with E-state index in [-0.39, 0.29) is 12.0 Å². The molecule has 9 nitrogen and oxygen atoms in total. The number of carbonyl (C=O) groups is 1. The van der Waals surface area contributed by atoms with Crippen molar-refractivity contribution in [3.05, 3.63) is 47.6 Å². The van der Waals surface area contributed by atoms with Gasteiger partial charge in [-0.2, -0.15) is 10.1 Å². The minimum atomic E-state index is -1.46. The van der Waals surface area contributed by atoms with Crippen LogP contribution in [0.3, 0.4) is 0 Å². The molecule has 0 bridgehead atoms. The highest BCUT2D eigenvalue weighted by Crippen LogP contribution is 2.28. The summed E-state index contributed by atoms with van der Waals surface area (Å²) < 4.78 is 2.97. The molecule has 148 valence electrons. The lowest BCUT2D eigenvalue weighted by molar-refractivity contribution is -0.144. The van der Waals surface area contributed by atoms with Crippen molar-refractivity contribution in [1.82, 2.24) is 19.4 Å². The molecule has 3 aromatic rings. The molecule has 28 heavy (non-hydrogen) atoms. The van der Waals surface area contributed by atoms with E-state index >= 15 is 0 Å². The predicted octanol–water partition coefficient (Wildman–Crippen LogP) is 1.54. The van der Waals surface area contributed by atoms with Gasteiger partial charge in [-0.1, -0.05) is 37.3 Å². The molecule has 0 saturated heterocycles. The number of aromatic nitrogens is 4. The quantitative estimate of drug-likeness (QED) is 0.593. The summed E-state index contributed by atoms with van der Waals surface area (Å²) in [5.74, 6) is -0.880. The van der Waals surface area contributed by atoms with Crippen molar-refractivity contribution < 1.29 is 9.90 Å². The van der Waals surface area contributed by atoms with Crippen molar-refractivity contribution in [2.75, 3.05) is 18.2 Å². The van der Waals surface area contributed by atoms with Gasteiger partial charge < -0.3 is 16.3 Å². The fourth-order valence-electron chi connectivity index (χ4n) is 3.07. The lowest BCUT2D eigenvalue weighted by Crippen LogP contribution is -2.41. The summed E-state index contributed by atoms with van der Waals surface area (Å²) in [6.45, 7) is 5.64. The summed E-state index contributed by atoms with van der Waals surface area (Å²) in [4.78, 5) is 21.5. The Balaban J connectivity index is 2.39. The molecule has 2 heterocycles. The number of anilines is 1. The topological polar surface area (TPSA) is 123 Å². The second-order valence-electron chi connectivity index (χ2n) is 6.78. The molecule has 0 radical (unpaired) electrons. The number of benzene rings is 1. The third-order valence-corrected chi connectivity index (χ3v) is 4.98. The van der Waals surface area contributed by atoms with Crippen LogP contribution in [0.2, 0.25) is 0 Å². The molecule has 2 aromatic heterocycles. The lowest BCUT2D eigenvalue weighted by atomic mass is 9.92. The molecule has 9 heteroatoms. The number of nitrogens with two attached hydrogens (primary N) is 1. The highest BCUT2D eigenvalue weighted by Gasteiger charge is 2.40. The monoisotopic (exact) mass is 383 g/mol. The van der Waals surface area contributed by atoms with Crippen molar-refractivity contribution >= 4 is 23.0 Å². The molecular weight excluding hydrogens is 358 g/mol.